The molecule has 1 saturated heterocycles. The number of nitrogens with zero attached hydrogens (tertiary/aromatic N) is 1. The molecule has 1 aromatic rings. The number of alkyl halides is 2. The van der Waals surface area contributed by atoms with Gasteiger partial charge in [-0.15, -0.1) is 12.4 Å². The second kappa shape index (κ2) is 9.33. The van der Waals surface area contributed by atoms with Crippen molar-refractivity contribution in [3.63, 3.8) is 0 Å². The number of rotatable bonds is 6. The van der Waals surface area contributed by atoms with Crippen LogP contribution in [0.1, 0.15) is 30.1 Å². The van der Waals surface area contributed by atoms with Gasteiger partial charge in [0.1, 0.15) is 0 Å². The fourth-order valence-corrected chi connectivity index (χ4v) is 3.04. The molecule has 124 valence electrons. The van der Waals surface area contributed by atoms with Crippen LogP contribution in [-0.4, -0.2) is 42.2 Å². The van der Waals surface area contributed by atoms with E-state index >= 15 is 0 Å². The zero-order chi connectivity index (χ0) is 15.2. The van der Waals surface area contributed by atoms with Gasteiger partial charge < -0.3 is 10.2 Å². The summed E-state index contributed by atoms with van der Waals surface area (Å²) >= 11 is 0.495. The molecule has 2 rings (SSSR count). The summed E-state index contributed by atoms with van der Waals surface area (Å²) in [5, 5.41) is 3.27. The zero-order valence-corrected chi connectivity index (χ0v) is 14.1. The summed E-state index contributed by atoms with van der Waals surface area (Å²) in [5.41, 5.74) is 0.564. The molecule has 1 aromatic carbocycles. The molecular formula is C15H21ClF2N2OS. The molecule has 0 bridgehead atoms. The zero-order valence-electron chi connectivity index (χ0n) is 12.4. The van der Waals surface area contributed by atoms with Gasteiger partial charge in [-0.2, -0.15) is 8.78 Å². The van der Waals surface area contributed by atoms with Crippen molar-refractivity contribution >= 4 is 30.1 Å². The number of carbonyl (C=O) groups excluding carboxylic acids is 1. The number of hydrogen-bond donors (Lipinski definition) is 1. The molecule has 22 heavy (non-hydrogen) atoms. The van der Waals surface area contributed by atoms with Crippen LogP contribution in [0.25, 0.3) is 0 Å². The highest BCUT2D eigenvalue weighted by Gasteiger charge is 2.26. The van der Waals surface area contributed by atoms with E-state index in [1.807, 2.05) is 11.8 Å². The van der Waals surface area contributed by atoms with E-state index < -0.39 is 5.76 Å². The first-order chi connectivity index (χ1) is 10.1. The molecule has 1 amide bonds. The SMILES string of the molecule is CCCN(C(=O)c1ccc(SC(F)F)cc1)C1CCNC1.Cl. The number of halogens is 3. The van der Waals surface area contributed by atoms with Crippen LogP contribution in [0.15, 0.2) is 29.2 Å². The second-order valence-electron chi connectivity index (χ2n) is 5.05. The predicted molar refractivity (Wildman–Crippen MR) is 88.2 cm³/mol. The normalized spacial score (nSPS) is 17.4. The van der Waals surface area contributed by atoms with Gasteiger partial charge in [0.15, 0.2) is 0 Å². The van der Waals surface area contributed by atoms with E-state index in [4.69, 9.17) is 0 Å². The molecule has 1 atom stereocenters. The summed E-state index contributed by atoms with van der Waals surface area (Å²) in [6, 6.07) is 6.67. The van der Waals surface area contributed by atoms with Crippen molar-refractivity contribution < 1.29 is 13.6 Å². The lowest BCUT2D eigenvalue weighted by Gasteiger charge is -2.28. The summed E-state index contributed by atoms with van der Waals surface area (Å²) in [6.45, 7) is 4.52. The van der Waals surface area contributed by atoms with Crippen molar-refractivity contribution in [1.82, 2.24) is 10.2 Å². The molecule has 0 spiro atoms. The molecule has 0 aromatic heterocycles. The van der Waals surface area contributed by atoms with Gasteiger partial charge >= 0.3 is 0 Å². The summed E-state index contributed by atoms with van der Waals surface area (Å²) in [5.74, 6) is -2.45. The van der Waals surface area contributed by atoms with Gasteiger partial charge in [-0.1, -0.05) is 18.7 Å². The van der Waals surface area contributed by atoms with E-state index in [1.54, 1.807) is 24.3 Å². The van der Waals surface area contributed by atoms with Crippen molar-refractivity contribution in [3.8, 4) is 0 Å². The van der Waals surface area contributed by atoms with E-state index in [-0.39, 0.29) is 24.4 Å². The second-order valence-corrected chi connectivity index (χ2v) is 6.11. The molecule has 3 nitrogen and oxygen atoms in total. The lowest BCUT2D eigenvalue weighted by molar-refractivity contribution is 0.0692. The van der Waals surface area contributed by atoms with E-state index in [0.717, 1.165) is 32.5 Å². The third-order valence-electron chi connectivity index (χ3n) is 3.53. The maximum atomic E-state index is 12.6. The van der Waals surface area contributed by atoms with Gasteiger partial charge in [0.05, 0.1) is 0 Å². The van der Waals surface area contributed by atoms with Crippen LogP contribution in [0, 0.1) is 0 Å². The number of amides is 1. The Balaban J connectivity index is 0.00000242. The Hall–Kier alpha value is -0.850. The molecule has 1 N–H and O–H groups in total. The number of hydrogen-bond acceptors (Lipinski definition) is 3. The lowest BCUT2D eigenvalue weighted by atomic mass is 10.1. The maximum absolute atomic E-state index is 12.6. The van der Waals surface area contributed by atoms with Gasteiger partial charge in [0.25, 0.3) is 11.7 Å². The van der Waals surface area contributed by atoms with Crippen molar-refractivity contribution in [3.05, 3.63) is 29.8 Å². The largest absolute Gasteiger partial charge is 0.334 e. The van der Waals surface area contributed by atoms with Gasteiger partial charge in [0.2, 0.25) is 0 Å². The number of nitrogens with one attached hydrogen (secondary N) is 1. The summed E-state index contributed by atoms with van der Waals surface area (Å²) in [4.78, 5) is 15.0. The Bertz CT molecular complexity index is 467. The molecule has 1 heterocycles. The average Bonchev–Trinajstić information content (AvgIpc) is 2.98. The van der Waals surface area contributed by atoms with Crippen LogP contribution in [0.5, 0.6) is 0 Å². The predicted octanol–water partition coefficient (Wildman–Crippen LogP) is 3.64. The first kappa shape index (κ1) is 19.2. The first-order valence-electron chi connectivity index (χ1n) is 7.18. The van der Waals surface area contributed by atoms with Crippen LogP contribution in [0.2, 0.25) is 0 Å². The van der Waals surface area contributed by atoms with Crippen LogP contribution < -0.4 is 5.32 Å². The highest BCUT2D eigenvalue weighted by Crippen LogP contribution is 2.25. The van der Waals surface area contributed by atoms with Crippen molar-refractivity contribution in [1.29, 1.82) is 0 Å². The van der Waals surface area contributed by atoms with Crippen LogP contribution in [0.4, 0.5) is 8.78 Å². The Labute approximate surface area is 140 Å². The number of thioether (sulfide) groups is 1. The monoisotopic (exact) mass is 350 g/mol. The molecule has 0 radical (unpaired) electrons. The van der Waals surface area contributed by atoms with Crippen molar-refractivity contribution in [2.75, 3.05) is 19.6 Å². The van der Waals surface area contributed by atoms with E-state index in [0.29, 0.717) is 22.2 Å². The van der Waals surface area contributed by atoms with Crippen LogP contribution in [-0.2, 0) is 0 Å². The average molecular weight is 351 g/mol. The molecule has 0 aliphatic carbocycles. The molecule has 1 unspecified atom stereocenters. The van der Waals surface area contributed by atoms with E-state index in [9.17, 15) is 13.6 Å². The third kappa shape index (κ3) is 5.11. The van der Waals surface area contributed by atoms with Gasteiger partial charge in [-0.25, -0.2) is 0 Å². The molecule has 1 fully saturated rings. The molecular weight excluding hydrogens is 330 g/mol. The highest BCUT2D eigenvalue weighted by molar-refractivity contribution is 7.99. The van der Waals surface area contributed by atoms with Gasteiger partial charge in [0, 0.05) is 29.6 Å². The molecule has 1 aliphatic rings. The summed E-state index contributed by atoms with van der Waals surface area (Å²) < 4.78 is 24.6. The third-order valence-corrected chi connectivity index (χ3v) is 4.25. The molecule has 0 saturated carbocycles. The molecule has 1 aliphatic heterocycles. The van der Waals surface area contributed by atoms with Gasteiger partial charge in [-0.05, 0) is 43.7 Å². The lowest BCUT2D eigenvalue weighted by Crippen LogP contribution is -2.42. The van der Waals surface area contributed by atoms with Crippen molar-refractivity contribution in [2.45, 2.75) is 36.5 Å². The minimum Gasteiger partial charge on any atom is -0.334 e. The van der Waals surface area contributed by atoms with E-state index in [2.05, 4.69) is 5.32 Å². The summed E-state index contributed by atoms with van der Waals surface area (Å²) in [7, 11) is 0. The fraction of sp³-hybridized carbons (Fsp3) is 0.533. The number of benzene rings is 1. The minimum atomic E-state index is -2.44. The molecule has 7 heteroatoms. The first-order valence-corrected chi connectivity index (χ1v) is 8.06. The Morgan fingerprint density at radius 3 is 2.59 bits per heavy atom. The van der Waals surface area contributed by atoms with E-state index in [1.165, 1.54) is 0 Å². The standard InChI is InChI=1S/C15H20F2N2OS.ClH/c1-2-9-19(12-7-8-18-10-12)14(20)11-3-5-13(6-4-11)21-15(16)17;/h3-6,12,15,18H,2,7-10H2,1H3;1H. The van der Waals surface area contributed by atoms with Crippen LogP contribution >= 0.6 is 24.2 Å². The Morgan fingerprint density at radius 2 is 2.09 bits per heavy atom. The maximum Gasteiger partial charge on any atom is 0.288 e. The fourth-order valence-electron chi connectivity index (χ4n) is 2.54. The quantitative estimate of drug-likeness (QED) is 0.795. The Kier molecular flexibility index (Phi) is 8.14. The smallest absolute Gasteiger partial charge is 0.288 e. The highest BCUT2D eigenvalue weighted by atomic mass is 35.5. The minimum absolute atomic E-state index is 0. The topological polar surface area (TPSA) is 32.3 Å². The van der Waals surface area contributed by atoms with Crippen molar-refractivity contribution in [2.24, 2.45) is 0 Å². The number of carbonyl (C=O) groups is 1. The summed E-state index contributed by atoms with van der Waals surface area (Å²) in [6.07, 6.45) is 1.87. The van der Waals surface area contributed by atoms with Crippen LogP contribution in [0.3, 0.4) is 0 Å². The Morgan fingerprint density at radius 1 is 1.41 bits per heavy atom. The van der Waals surface area contributed by atoms with Gasteiger partial charge in [-0.3, -0.25) is 4.79 Å².